The molecule has 132 valence electrons. The van der Waals surface area contributed by atoms with E-state index in [-0.39, 0.29) is 5.56 Å². The van der Waals surface area contributed by atoms with Gasteiger partial charge in [0.25, 0.3) is 0 Å². The van der Waals surface area contributed by atoms with Crippen LogP contribution < -0.4 is 5.32 Å². The third kappa shape index (κ3) is 6.66. The van der Waals surface area contributed by atoms with Gasteiger partial charge in [0.1, 0.15) is 0 Å². The number of alkyl halides is 3. The van der Waals surface area contributed by atoms with Crippen molar-refractivity contribution in [1.29, 1.82) is 0 Å². The van der Waals surface area contributed by atoms with Gasteiger partial charge in [-0.3, -0.25) is 4.79 Å². The maximum absolute atomic E-state index is 13.1. The lowest BCUT2D eigenvalue weighted by Gasteiger charge is -2.12. The lowest BCUT2D eigenvalue weighted by atomic mass is 10.1. The molecule has 2 aromatic rings. The van der Waals surface area contributed by atoms with Crippen molar-refractivity contribution in [2.75, 3.05) is 12.3 Å². The van der Waals surface area contributed by atoms with Crippen LogP contribution in [0, 0.1) is 0 Å². The normalized spacial score (nSPS) is 12.0. The fraction of sp³-hybridized carbons (Fsp3) is 0.211. The first kappa shape index (κ1) is 19.1. The number of nitrogens with one attached hydrogen (secondary N) is 1. The van der Waals surface area contributed by atoms with Gasteiger partial charge in [0.2, 0.25) is 5.91 Å². The van der Waals surface area contributed by atoms with Gasteiger partial charge in [-0.1, -0.05) is 48.5 Å². The van der Waals surface area contributed by atoms with Crippen molar-refractivity contribution in [2.24, 2.45) is 0 Å². The lowest BCUT2D eigenvalue weighted by molar-refractivity contribution is -0.117. The van der Waals surface area contributed by atoms with Crippen LogP contribution in [0.1, 0.15) is 12.0 Å². The van der Waals surface area contributed by atoms with Gasteiger partial charge in [0, 0.05) is 17.5 Å². The molecule has 2 aromatic carbocycles. The molecule has 1 N–H and O–H groups in total. The molecule has 0 fully saturated rings. The molecular formula is C19H18F3NOS. The molecule has 6 heteroatoms. The minimum atomic E-state index is -4.58. The number of hydrogen-bond acceptors (Lipinski definition) is 2. The average molecular weight is 365 g/mol. The van der Waals surface area contributed by atoms with Crippen LogP contribution >= 0.6 is 11.8 Å². The maximum Gasteiger partial charge on any atom is 0.417 e. The predicted octanol–water partition coefficient (Wildman–Crippen LogP) is 4.93. The number of allylic oxidation sites excluding steroid dienone is 1. The monoisotopic (exact) mass is 365 g/mol. The first-order chi connectivity index (χ1) is 12.0. The van der Waals surface area contributed by atoms with Gasteiger partial charge < -0.3 is 5.32 Å². The first-order valence-corrected chi connectivity index (χ1v) is 8.75. The van der Waals surface area contributed by atoms with Gasteiger partial charge in [-0.2, -0.15) is 13.2 Å². The molecule has 0 aliphatic rings. The van der Waals surface area contributed by atoms with E-state index < -0.39 is 17.7 Å². The van der Waals surface area contributed by atoms with Crippen LogP contribution in [0.3, 0.4) is 0 Å². The van der Waals surface area contributed by atoms with Crippen LogP contribution in [0.2, 0.25) is 0 Å². The molecule has 0 spiro atoms. The van der Waals surface area contributed by atoms with Crippen LogP contribution in [0.4, 0.5) is 13.2 Å². The average Bonchev–Trinajstić information content (AvgIpc) is 2.60. The number of carbonyl (C=O) groups excluding carboxylic acids is 1. The van der Waals surface area contributed by atoms with Crippen LogP contribution in [0.15, 0.2) is 71.6 Å². The zero-order valence-corrected chi connectivity index (χ0v) is 14.2. The maximum atomic E-state index is 13.1. The predicted molar refractivity (Wildman–Crippen MR) is 95.3 cm³/mol. The Bertz CT molecular complexity index is 700. The molecule has 2 rings (SSSR count). The largest absolute Gasteiger partial charge is 0.417 e. The van der Waals surface area contributed by atoms with Crippen molar-refractivity contribution >= 4 is 23.2 Å². The van der Waals surface area contributed by atoms with E-state index in [1.807, 2.05) is 30.3 Å². The van der Waals surface area contributed by atoms with Crippen molar-refractivity contribution in [3.8, 4) is 0 Å². The third-order valence-corrected chi connectivity index (χ3v) is 4.40. The van der Waals surface area contributed by atoms with Gasteiger partial charge in [-0.25, -0.2) is 0 Å². The standard InChI is InChI=1S/C19H18F3NOS/c20-19(21,22)17(15-8-3-1-4-9-15)14-18(24)23-12-7-13-25-16-10-5-2-6-11-16/h1-6,8-11,14H,7,12-13H2,(H,23,24)/b17-14+. The summed E-state index contributed by atoms with van der Waals surface area (Å²) in [4.78, 5) is 12.9. The van der Waals surface area contributed by atoms with E-state index in [1.54, 1.807) is 17.8 Å². The zero-order valence-electron chi connectivity index (χ0n) is 13.4. The van der Waals surface area contributed by atoms with Gasteiger partial charge in [-0.05, 0) is 29.9 Å². The Morgan fingerprint density at radius 3 is 2.20 bits per heavy atom. The Kier molecular flexibility index (Phi) is 7.13. The number of amides is 1. The number of benzene rings is 2. The molecular weight excluding hydrogens is 347 g/mol. The van der Waals surface area contributed by atoms with E-state index >= 15 is 0 Å². The van der Waals surface area contributed by atoms with E-state index in [4.69, 9.17) is 0 Å². The van der Waals surface area contributed by atoms with Gasteiger partial charge in [0.05, 0.1) is 5.57 Å². The Morgan fingerprint density at radius 1 is 1.00 bits per heavy atom. The summed E-state index contributed by atoms with van der Waals surface area (Å²) in [5.74, 6) is 0.0413. The topological polar surface area (TPSA) is 29.1 Å². The van der Waals surface area contributed by atoms with Gasteiger partial charge >= 0.3 is 6.18 Å². The second-order valence-corrected chi connectivity index (χ2v) is 6.40. The molecule has 2 nitrogen and oxygen atoms in total. The lowest BCUT2D eigenvalue weighted by Crippen LogP contribution is -2.24. The van der Waals surface area contributed by atoms with E-state index in [9.17, 15) is 18.0 Å². The quantitative estimate of drug-likeness (QED) is 0.428. The minimum Gasteiger partial charge on any atom is -0.353 e. The van der Waals surface area contributed by atoms with Gasteiger partial charge in [0.15, 0.2) is 0 Å². The van der Waals surface area contributed by atoms with Crippen molar-refractivity contribution in [1.82, 2.24) is 5.32 Å². The summed E-state index contributed by atoms with van der Waals surface area (Å²) in [6.07, 6.45) is -3.28. The smallest absolute Gasteiger partial charge is 0.353 e. The van der Waals surface area contributed by atoms with Crippen LogP contribution in [0.25, 0.3) is 5.57 Å². The van der Waals surface area contributed by atoms with E-state index in [1.165, 1.54) is 24.3 Å². The third-order valence-electron chi connectivity index (χ3n) is 3.30. The molecule has 0 aliphatic carbocycles. The summed E-state index contributed by atoms with van der Waals surface area (Å²) in [7, 11) is 0. The molecule has 0 unspecified atom stereocenters. The molecule has 0 radical (unpaired) electrons. The second kappa shape index (κ2) is 9.32. The summed E-state index contributed by atoms with van der Waals surface area (Å²) < 4.78 is 39.4. The number of thioether (sulfide) groups is 1. The highest BCUT2D eigenvalue weighted by molar-refractivity contribution is 7.99. The number of halogens is 3. The van der Waals surface area contributed by atoms with E-state index in [2.05, 4.69) is 5.32 Å². The molecule has 0 saturated heterocycles. The zero-order chi connectivity index (χ0) is 18.1. The Morgan fingerprint density at radius 2 is 1.60 bits per heavy atom. The highest BCUT2D eigenvalue weighted by Gasteiger charge is 2.35. The summed E-state index contributed by atoms with van der Waals surface area (Å²) in [6, 6.07) is 17.1. The molecule has 1 amide bonds. The van der Waals surface area contributed by atoms with E-state index in [0.717, 1.165) is 10.6 Å². The molecule has 0 saturated carbocycles. The van der Waals surface area contributed by atoms with Gasteiger partial charge in [-0.15, -0.1) is 11.8 Å². The highest BCUT2D eigenvalue weighted by atomic mass is 32.2. The number of rotatable bonds is 7. The molecule has 0 aliphatic heterocycles. The fourth-order valence-electron chi connectivity index (χ4n) is 2.12. The van der Waals surface area contributed by atoms with Crippen LogP contribution in [0.5, 0.6) is 0 Å². The van der Waals surface area contributed by atoms with E-state index in [0.29, 0.717) is 19.0 Å². The second-order valence-electron chi connectivity index (χ2n) is 5.23. The number of carbonyl (C=O) groups is 1. The van der Waals surface area contributed by atoms with Crippen molar-refractivity contribution in [2.45, 2.75) is 17.5 Å². The molecule has 25 heavy (non-hydrogen) atoms. The van der Waals surface area contributed by atoms with Crippen molar-refractivity contribution in [3.05, 3.63) is 72.3 Å². The fourth-order valence-corrected chi connectivity index (χ4v) is 2.99. The van der Waals surface area contributed by atoms with Crippen LogP contribution in [-0.2, 0) is 4.79 Å². The molecule has 0 aromatic heterocycles. The highest BCUT2D eigenvalue weighted by Crippen LogP contribution is 2.33. The summed E-state index contributed by atoms with van der Waals surface area (Å²) in [6.45, 7) is 0.328. The SMILES string of the molecule is O=C(/C=C(\c1ccccc1)C(F)(F)F)NCCCSc1ccccc1. The summed E-state index contributed by atoms with van der Waals surface area (Å²) in [5, 5.41) is 2.51. The molecule has 0 atom stereocenters. The van der Waals surface area contributed by atoms with Crippen molar-refractivity contribution in [3.63, 3.8) is 0 Å². The minimum absolute atomic E-state index is 0.0233. The molecule has 0 bridgehead atoms. The summed E-state index contributed by atoms with van der Waals surface area (Å²) >= 11 is 1.64. The molecule has 0 heterocycles. The Balaban J connectivity index is 1.85. The number of hydrogen-bond donors (Lipinski definition) is 1. The first-order valence-electron chi connectivity index (χ1n) is 7.77. The Hall–Kier alpha value is -2.21. The summed E-state index contributed by atoms with van der Waals surface area (Å²) in [5.41, 5.74) is -0.964. The van der Waals surface area contributed by atoms with Crippen molar-refractivity contribution < 1.29 is 18.0 Å². The Labute approximate surface area is 149 Å². The van der Waals surface area contributed by atoms with Crippen LogP contribution in [-0.4, -0.2) is 24.4 Å².